The fraction of sp³-hybridized carbons (Fsp3) is 0.0357. The molecule has 0 radical (unpaired) electrons. The lowest BCUT2D eigenvalue weighted by Crippen LogP contribution is -2.06. The third-order valence-corrected chi connectivity index (χ3v) is 5.93. The topological polar surface area (TPSA) is 38.7 Å². The molecule has 31 heavy (non-hydrogen) atoms. The van der Waals surface area contributed by atoms with Crippen molar-refractivity contribution in [2.75, 3.05) is 0 Å². The minimum Gasteiger partial charge on any atom is -0.256 e. The molecule has 0 aliphatic heterocycles. The number of nitrogens with zero attached hydrogens (tertiary/aromatic N) is 3. The molecular formula is C28H19N3. The Labute approximate surface area is 181 Å². The molecule has 0 amide bonds. The van der Waals surface area contributed by atoms with Gasteiger partial charge in [0.15, 0.2) is 0 Å². The maximum atomic E-state index is 4.75. The van der Waals surface area contributed by atoms with E-state index in [1.807, 2.05) is 48.7 Å². The Balaban J connectivity index is 1.64. The maximum absolute atomic E-state index is 4.75. The van der Waals surface area contributed by atoms with Gasteiger partial charge in [-0.15, -0.1) is 10.2 Å². The highest BCUT2D eigenvalue weighted by atomic mass is 15.1. The summed E-state index contributed by atoms with van der Waals surface area (Å²) in [6.07, 6.45) is 1.87. The largest absolute Gasteiger partial charge is 0.256 e. The lowest BCUT2D eigenvalue weighted by molar-refractivity contribution is 0.951. The number of pyridine rings is 1. The quantitative estimate of drug-likeness (QED) is 0.348. The highest BCUT2D eigenvalue weighted by Gasteiger charge is 2.33. The molecule has 146 valence electrons. The predicted molar refractivity (Wildman–Crippen MR) is 124 cm³/mol. The second-order valence-electron chi connectivity index (χ2n) is 7.73. The number of hydrogen-bond donors (Lipinski definition) is 0. The zero-order valence-electron chi connectivity index (χ0n) is 16.8. The average molecular weight is 397 g/mol. The Morgan fingerprint density at radius 3 is 2.00 bits per heavy atom. The Hall–Kier alpha value is -4.11. The molecule has 6 rings (SSSR count). The SMILES string of the molecule is c1ccc(-c2cc([C@H]3c4ccccc4-c4ncccc43)c(-c3ccccc3)nn2)cc1. The minimum absolute atomic E-state index is 0.0630. The summed E-state index contributed by atoms with van der Waals surface area (Å²) in [5, 5.41) is 9.35. The zero-order valence-corrected chi connectivity index (χ0v) is 16.8. The van der Waals surface area contributed by atoms with Crippen LogP contribution in [-0.4, -0.2) is 15.2 Å². The predicted octanol–water partition coefficient (Wildman–Crippen LogP) is 6.37. The summed E-state index contributed by atoms with van der Waals surface area (Å²) in [7, 11) is 0. The summed E-state index contributed by atoms with van der Waals surface area (Å²) in [5.74, 6) is 0.0630. The monoisotopic (exact) mass is 397 g/mol. The average Bonchev–Trinajstić information content (AvgIpc) is 3.19. The van der Waals surface area contributed by atoms with E-state index >= 15 is 0 Å². The van der Waals surface area contributed by atoms with Gasteiger partial charge in [0, 0.05) is 28.8 Å². The first-order valence-electron chi connectivity index (χ1n) is 10.4. The van der Waals surface area contributed by atoms with Gasteiger partial charge in [-0.25, -0.2) is 0 Å². The standard InChI is InChI=1S/C28H19N3/c1-3-10-19(11-4-1)25-18-24(27(31-30-25)20-12-5-2-6-13-20)26-21-14-7-8-15-22(21)28-23(26)16-9-17-29-28/h1-18,26H/t26-/m0/s1. The third kappa shape index (κ3) is 2.94. The van der Waals surface area contributed by atoms with E-state index in [-0.39, 0.29) is 5.92 Å². The molecule has 0 saturated carbocycles. The van der Waals surface area contributed by atoms with Crippen LogP contribution in [0.5, 0.6) is 0 Å². The van der Waals surface area contributed by atoms with Crippen molar-refractivity contribution in [1.29, 1.82) is 0 Å². The van der Waals surface area contributed by atoms with E-state index in [0.29, 0.717) is 0 Å². The summed E-state index contributed by atoms with van der Waals surface area (Å²) in [4.78, 5) is 4.72. The molecule has 1 atom stereocenters. The first-order valence-corrected chi connectivity index (χ1v) is 10.4. The molecule has 0 spiro atoms. The van der Waals surface area contributed by atoms with Gasteiger partial charge in [-0.05, 0) is 28.8 Å². The molecule has 0 bridgehead atoms. The van der Waals surface area contributed by atoms with Crippen LogP contribution >= 0.6 is 0 Å². The number of rotatable bonds is 3. The Morgan fingerprint density at radius 1 is 0.516 bits per heavy atom. The van der Waals surface area contributed by atoms with Crippen molar-refractivity contribution in [2.24, 2.45) is 0 Å². The molecule has 0 N–H and O–H groups in total. The molecule has 3 heteroatoms. The van der Waals surface area contributed by atoms with Crippen molar-refractivity contribution >= 4 is 0 Å². The molecule has 0 unspecified atom stereocenters. The van der Waals surface area contributed by atoms with Crippen LogP contribution in [-0.2, 0) is 0 Å². The fourth-order valence-corrected chi connectivity index (χ4v) is 4.54. The smallest absolute Gasteiger partial charge is 0.0971 e. The van der Waals surface area contributed by atoms with Gasteiger partial charge < -0.3 is 0 Å². The first kappa shape index (κ1) is 17.7. The first-order chi connectivity index (χ1) is 15.4. The minimum atomic E-state index is 0.0630. The van der Waals surface area contributed by atoms with E-state index in [2.05, 4.69) is 65.8 Å². The lowest BCUT2D eigenvalue weighted by atomic mass is 9.86. The van der Waals surface area contributed by atoms with Gasteiger partial charge in [0.2, 0.25) is 0 Å². The maximum Gasteiger partial charge on any atom is 0.0971 e. The molecular weight excluding hydrogens is 378 g/mol. The third-order valence-electron chi connectivity index (χ3n) is 5.93. The van der Waals surface area contributed by atoms with Gasteiger partial charge in [-0.3, -0.25) is 4.98 Å². The lowest BCUT2D eigenvalue weighted by Gasteiger charge is -2.18. The number of hydrogen-bond acceptors (Lipinski definition) is 3. The second kappa shape index (κ2) is 7.29. The van der Waals surface area contributed by atoms with E-state index in [1.54, 1.807) is 0 Å². The highest BCUT2D eigenvalue weighted by Crippen LogP contribution is 2.48. The summed E-state index contributed by atoms with van der Waals surface area (Å²) in [6.45, 7) is 0. The number of aromatic nitrogens is 3. The molecule has 1 aliphatic rings. The Bertz CT molecular complexity index is 1330. The number of fused-ring (bicyclic) bond motifs is 3. The molecule has 0 fully saturated rings. The van der Waals surface area contributed by atoms with Gasteiger partial charge in [0.1, 0.15) is 0 Å². The van der Waals surface area contributed by atoms with Crippen LogP contribution in [0.25, 0.3) is 33.8 Å². The van der Waals surface area contributed by atoms with Crippen LogP contribution in [0.15, 0.2) is 109 Å². The van der Waals surface area contributed by atoms with Gasteiger partial charge >= 0.3 is 0 Å². The van der Waals surface area contributed by atoms with E-state index in [0.717, 1.165) is 33.8 Å². The van der Waals surface area contributed by atoms with Crippen LogP contribution in [0, 0.1) is 0 Å². The van der Waals surface area contributed by atoms with Crippen LogP contribution in [0.3, 0.4) is 0 Å². The Kier molecular flexibility index (Phi) is 4.17. The van der Waals surface area contributed by atoms with Crippen molar-refractivity contribution in [1.82, 2.24) is 15.2 Å². The molecule has 0 saturated heterocycles. The van der Waals surface area contributed by atoms with Crippen molar-refractivity contribution < 1.29 is 0 Å². The summed E-state index contributed by atoms with van der Waals surface area (Å²) >= 11 is 0. The molecule has 2 heterocycles. The molecule has 3 nitrogen and oxygen atoms in total. The Morgan fingerprint density at radius 2 is 1.19 bits per heavy atom. The van der Waals surface area contributed by atoms with E-state index in [1.165, 1.54) is 16.7 Å². The molecule has 1 aliphatic carbocycles. The van der Waals surface area contributed by atoms with Gasteiger partial charge in [0.05, 0.1) is 17.1 Å². The summed E-state index contributed by atoms with van der Waals surface area (Å²) in [6, 6.07) is 35.5. The van der Waals surface area contributed by atoms with E-state index in [9.17, 15) is 0 Å². The fourth-order valence-electron chi connectivity index (χ4n) is 4.54. The van der Waals surface area contributed by atoms with Gasteiger partial charge in [-0.1, -0.05) is 91.0 Å². The van der Waals surface area contributed by atoms with Crippen LogP contribution in [0.4, 0.5) is 0 Å². The zero-order chi connectivity index (χ0) is 20.6. The van der Waals surface area contributed by atoms with Crippen molar-refractivity contribution in [2.45, 2.75) is 5.92 Å². The van der Waals surface area contributed by atoms with E-state index in [4.69, 9.17) is 10.1 Å². The summed E-state index contributed by atoms with van der Waals surface area (Å²) < 4.78 is 0. The summed E-state index contributed by atoms with van der Waals surface area (Å²) in [5.41, 5.74) is 9.81. The normalized spacial score (nSPS) is 14.1. The van der Waals surface area contributed by atoms with Crippen LogP contribution in [0.2, 0.25) is 0 Å². The molecule has 3 aromatic carbocycles. The second-order valence-corrected chi connectivity index (χ2v) is 7.73. The molecule has 5 aromatic rings. The van der Waals surface area contributed by atoms with Gasteiger partial charge in [0.25, 0.3) is 0 Å². The van der Waals surface area contributed by atoms with Gasteiger partial charge in [-0.2, -0.15) is 0 Å². The van der Waals surface area contributed by atoms with Crippen LogP contribution < -0.4 is 0 Å². The number of benzene rings is 3. The van der Waals surface area contributed by atoms with Crippen molar-refractivity contribution in [3.8, 4) is 33.8 Å². The highest BCUT2D eigenvalue weighted by molar-refractivity contribution is 5.80. The van der Waals surface area contributed by atoms with Crippen molar-refractivity contribution in [3.05, 3.63) is 126 Å². The van der Waals surface area contributed by atoms with Crippen molar-refractivity contribution in [3.63, 3.8) is 0 Å². The van der Waals surface area contributed by atoms with Crippen LogP contribution in [0.1, 0.15) is 22.6 Å². The molecule has 2 aromatic heterocycles. The van der Waals surface area contributed by atoms with E-state index < -0.39 is 0 Å².